The van der Waals surface area contributed by atoms with Crippen molar-refractivity contribution < 1.29 is 14.7 Å². The average Bonchev–Trinajstić information content (AvgIpc) is 2.56. The molecule has 1 aliphatic carbocycles. The highest BCUT2D eigenvalue weighted by Gasteiger charge is 2.27. The molecular formula is C16H15Br4NO3. The first-order chi connectivity index (χ1) is 11.3. The Balaban J connectivity index is 2.22. The lowest BCUT2D eigenvalue weighted by Crippen LogP contribution is -2.27. The highest BCUT2D eigenvalue weighted by Crippen LogP contribution is 2.42. The van der Waals surface area contributed by atoms with Gasteiger partial charge in [0.05, 0.1) is 11.1 Å². The zero-order valence-electron chi connectivity index (χ0n) is 12.6. The van der Waals surface area contributed by atoms with E-state index in [0.717, 1.165) is 19.3 Å². The van der Waals surface area contributed by atoms with Crippen LogP contribution in [0.4, 0.5) is 0 Å². The summed E-state index contributed by atoms with van der Waals surface area (Å²) in [5.41, 5.74) is 1.38. The molecule has 4 nitrogen and oxygen atoms in total. The third kappa shape index (κ3) is 4.51. The second kappa shape index (κ2) is 8.96. The Kier molecular flexibility index (Phi) is 7.52. The van der Waals surface area contributed by atoms with Gasteiger partial charge in [-0.3, -0.25) is 4.79 Å². The normalized spacial score (nSPS) is 14.2. The SMILES string of the molecule is O=C(O)c1c(Br)c(Br)c(Br)c(Br)c1C(=O)NCCC1=CCCCC1. The molecule has 0 fully saturated rings. The summed E-state index contributed by atoms with van der Waals surface area (Å²) in [5.74, 6) is -1.58. The van der Waals surface area contributed by atoms with Gasteiger partial charge in [0.1, 0.15) is 0 Å². The number of carbonyl (C=O) groups is 2. The smallest absolute Gasteiger partial charge is 0.337 e. The van der Waals surface area contributed by atoms with Crippen molar-refractivity contribution in [2.45, 2.75) is 32.1 Å². The summed E-state index contributed by atoms with van der Waals surface area (Å²) in [4.78, 5) is 24.2. The zero-order chi connectivity index (χ0) is 17.9. The first-order valence-electron chi connectivity index (χ1n) is 7.40. The van der Waals surface area contributed by atoms with Gasteiger partial charge in [0.25, 0.3) is 5.91 Å². The maximum absolute atomic E-state index is 12.6. The number of allylic oxidation sites excluding steroid dienone is 1. The molecule has 1 aliphatic rings. The van der Waals surface area contributed by atoms with E-state index in [4.69, 9.17) is 0 Å². The number of carbonyl (C=O) groups excluding carboxylic acids is 1. The lowest BCUT2D eigenvalue weighted by molar-refractivity contribution is 0.0689. The molecule has 2 N–H and O–H groups in total. The average molecular weight is 589 g/mol. The van der Waals surface area contributed by atoms with Crippen LogP contribution in [0, 0.1) is 0 Å². The summed E-state index contributed by atoms with van der Waals surface area (Å²) in [6.45, 7) is 0.488. The molecule has 0 atom stereocenters. The highest BCUT2D eigenvalue weighted by molar-refractivity contribution is 9.15. The van der Waals surface area contributed by atoms with E-state index in [1.165, 1.54) is 18.4 Å². The first-order valence-corrected chi connectivity index (χ1v) is 10.6. The van der Waals surface area contributed by atoms with Crippen LogP contribution in [-0.2, 0) is 0 Å². The summed E-state index contributed by atoms with van der Waals surface area (Å²) in [6.07, 6.45) is 7.64. The van der Waals surface area contributed by atoms with Gasteiger partial charge in [-0.1, -0.05) is 11.6 Å². The predicted molar refractivity (Wildman–Crippen MR) is 108 cm³/mol. The van der Waals surface area contributed by atoms with Crippen molar-refractivity contribution in [3.8, 4) is 0 Å². The van der Waals surface area contributed by atoms with E-state index in [-0.39, 0.29) is 11.1 Å². The third-order valence-corrected chi connectivity index (χ3v) is 8.59. The molecule has 0 unspecified atom stereocenters. The number of aromatic carboxylic acids is 1. The van der Waals surface area contributed by atoms with Crippen LogP contribution in [0.2, 0.25) is 0 Å². The summed E-state index contributed by atoms with van der Waals surface area (Å²) in [6, 6.07) is 0. The van der Waals surface area contributed by atoms with E-state index < -0.39 is 11.9 Å². The maximum atomic E-state index is 12.6. The maximum Gasteiger partial charge on any atom is 0.337 e. The Bertz CT molecular complexity index is 716. The van der Waals surface area contributed by atoms with E-state index >= 15 is 0 Å². The van der Waals surface area contributed by atoms with Crippen molar-refractivity contribution in [2.75, 3.05) is 6.54 Å². The van der Waals surface area contributed by atoms with Gasteiger partial charge in [-0.25, -0.2) is 4.79 Å². The fraction of sp³-hybridized carbons (Fsp3) is 0.375. The van der Waals surface area contributed by atoms with Crippen molar-refractivity contribution >= 4 is 75.6 Å². The van der Waals surface area contributed by atoms with Gasteiger partial charge in [-0.05, 0) is 95.8 Å². The largest absolute Gasteiger partial charge is 0.478 e. The van der Waals surface area contributed by atoms with Gasteiger partial charge in [-0.15, -0.1) is 0 Å². The standard InChI is InChI=1S/C16H15Br4NO3/c17-11-9(10(16(23)24)12(18)14(20)13(11)19)15(22)21-7-6-8-4-2-1-3-5-8/h4H,1-3,5-7H2,(H,21,22)(H,23,24). The first kappa shape index (κ1) is 20.1. The Hall–Kier alpha value is -0.180. The predicted octanol–water partition coefficient (Wildman–Crippen LogP) is 6.06. The molecule has 2 rings (SSSR count). The number of carboxylic acids is 1. The van der Waals surface area contributed by atoms with Crippen molar-refractivity contribution in [3.63, 3.8) is 0 Å². The minimum absolute atomic E-state index is 0.0775. The molecule has 1 amide bonds. The van der Waals surface area contributed by atoms with Crippen LogP contribution < -0.4 is 5.32 Å². The fourth-order valence-electron chi connectivity index (χ4n) is 2.60. The number of halogens is 4. The number of rotatable bonds is 5. The molecule has 0 saturated carbocycles. The Morgan fingerprint density at radius 3 is 2.17 bits per heavy atom. The van der Waals surface area contributed by atoms with Crippen molar-refractivity contribution in [2.24, 2.45) is 0 Å². The quantitative estimate of drug-likeness (QED) is 0.250. The molecule has 0 bridgehead atoms. The van der Waals surface area contributed by atoms with E-state index in [9.17, 15) is 14.7 Å². The summed E-state index contributed by atoms with van der Waals surface area (Å²) < 4.78 is 1.85. The Morgan fingerprint density at radius 1 is 1.00 bits per heavy atom. The monoisotopic (exact) mass is 585 g/mol. The lowest BCUT2D eigenvalue weighted by Gasteiger charge is -2.16. The molecule has 24 heavy (non-hydrogen) atoms. The van der Waals surface area contributed by atoms with Gasteiger partial charge in [0.15, 0.2) is 0 Å². The second-order valence-corrected chi connectivity index (χ2v) is 8.60. The lowest BCUT2D eigenvalue weighted by atomic mass is 9.97. The Labute approximate surface area is 174 Å². The molecule has 1 aromatic rings. The van der Waals surface area contributed by atoms with Gasteiger partial charge >= 0.3 is 5.97 Å². The van der Waals surface area contributed by atoms with Crippen molar-refractivity contribution in [1.29, 1.82) is 0 Å². The number of hydrogen-bond donors (Lipinski definition) is 2. The van der Waals surface area contributed by atoms with Crippen LogP contribution in [0.15, 0.2) is 29.5 Å². The summed E-state index contributed by atoms with van der Waals surface area (Å²) in [5, 5.41) is 12.3. The van der Waals surface area contributed by atoms with Gasteiger partial charge in [-0.2, -0.15) is 0 Å². The molecular weight excluding hydrogens is 574 g/mol. The minimum atomic E-state index is -1.17. The topological polar surface area (TPSA) is 66.4 Å². The molecule has 8 heteroatoms. The van der Waals surface area contributed by atoms with Gasteiger partial charge in [0, 0.05) is 24.4 Å². The molecule has 1 aromatic carbocycles. The van der Waals surface area contributed by atoms with Gasteiger partial charge < -0.3 is 10.4 Å². The summed E-state index contributed by atoms with van der Waals surface area (Å²) >= 11 is 13.2. The van der Waals surface area contributed by atoms with Crippen LogP contribution in [0.3, 0.4) is 0 Å². The molecule has 0 heterocycles. The van der Waals surface area contributed by atoms with Crippen molar-refractivity contribution in [1.82, 2.24) is 5.32 Å². The zero-order valence-corrected chi connectivity index (χ0v) is 18.9. The molecule has 0 saturated heterocycles. The number of amides is 1. The Morgan fingerprint density at radius 2 is 1.62 bits per heavy atom. The van der Waals surface area contributed by atoms with E-state index in [1.54, 1.807) is 0 Å². The third-order valence-electron chi connectivity index (χ3n) is 3.82. The van der Waals surface area contributed by atoms with E-state index in [1.807, 2.05) is 0 Å². The van der Waals surface area contributed by atoms with Crippen LogP contribution in [0.25, 0.3) is 0 Å². The number of carboxylic acid groups (broad SMARTS) is 1. The fourth-order valence-corrected chi connectivity index (χ4v) is 5.07. The van der Waals surface area contributed by atoms with E-state index in [0.29, 0.717) is 24.4 Å². The summed E-state index contributed by atoms with van der Waals surface area (Å²) in [7, 11) is 0. The number of benzene rings is 1. The molecule has 0 aliphatic heterocycles. The van der Waals surface area contributed by atoms with E-state index in [2.05, 4.69) is 75.1 Å². The second-order valence-electron chi connectivity index (χ2n) is 5.43. The van der Waals surface area contributed by atoms with Crippen LogP contribution in [0.1, 0.15) is 52.8 Å². The number of nitrogens with one attached hydrogen (secondary N) is 1. The number of hydrogen-bond acceptors (Lipinski definition) is 2. The van der Waals surface area contributed by atoms with Crippen LogP contribution in [-0.4, -0.2) is 23.5 Å². The highest BCUT2D eigenvalue weighted by atomic mass is 79.9. The van der Waals surface area contributed by atoms with Crippen LogP contribution >= 0.6 is 63.7 Å². The van der Waals surface area contributed by atoms with Gasteiger partial charge in [0.2, 0.25) is 0 Å². The molecule has 0 aromatic heterocycles. The minimum Gasteiger partial charge on any atom is -0.478 e. The molecule has 130 valence electrons. The van der Waals surface area contributed by atoms with Crippen LogP contribution in [0.5, 0.6) is 0 Å². The molecule has 0 radical (unpaired) electrons. The van der Waals surface area contributed by atoms with Crippen molar-refractivity contribution in [3.05, 3.63) is 40.7 Å². The molecule has 0 spiro atoms.